The first-order valence-corrected chi connectivity index (χ1v) is 7.61. The number of para-hydroxylation sites is 1. The molecule has 118 valence electrons. The lowest BCUT2D eigenvalue weighted by Gasteiger charge is -2.34. The Bertz CT molecular complexity index is 492. The Morgan fingerprint density at radius 1 is 1.24 bits per heavy atom. The second kappa shape index (κ2) is 6.69. The molecule has 1 rings (SSSR count). The highest BCUT2D eigenvalue weighted by atomic mass is 35.5. The van der Waals surface area contributed by atoms with Gasteiger partial charge in [0.2, 0.25) is 0 Å². The molecule has 0 saturated carbocycles. The van der Waals surface area contributed by atoms with Crippen LogP contribution in [0.5, 0.6) is 5.75 Å². The molecule has 0 aliphatic heterocycles. The summed E-state index contributed by atoms with van der Waals surface area (Å²) in [6, 6.07) is 7.15. The molecule has 0 unspecified atom stereocenters. The number of nitrogens with one attached hydrogen (secondary N) is 1. The van der Waals surface area contributed by atoms with Gasteiger partial charge in [-0.05, 0) is 44.7 Å². The van der Waals surface area contributed by atoms with Gasteiger partial charge in [-0.1, -0.05) is 44.5 Å². The van der Waals surface area contributed by atoms with Gasteiger partial charge in [-0.25, -0.2) is 0 Å². The minimum absolute atomic E-state index is 0.135. The lowest BCUT2D eigenvalue weighted by molar-refractivity contribution is -0.129. The predicted molar refractivity (Wildman–Crippen MR) is 87.8 cm³/mol. The lowest BCUT2D eigenvalue weighted by atomic mass is 9.81. The average Bonchev–Trinajstić information content (AvgIpc) is 2.28. The lowest BCUT2D eigenvalue weighted by Crippen LogP contribution is -2.50. The second-order valence-electron chi connectivity index (χ2n) is 7.30. The van der Waals surface area contributed by atoms with Crippen LogP contribution < -0.4 is 10.1 Å². The molecular weight excluding hydrogens is 286 g/mol. The van der Waals surface area contributed by atoms with E-state index in [1.807, 2.05) is 26.0 Å². The predicted octanol–water partition coefficient (Wildman–Crippen LogP) is 4.44. The fraction of sp³-hybridized carbons (Fsp3) is 0.588. The van der Waals surface area contributed by atoms with Crippen molar-refractivity contribution in [1.82, 2.24) is 5.32 Å². The van der Waals surface area contributed by atoms with Gasteiger partial charge in [-0.3, -0.25) is 4.79 Å². The summed E-state index contributed by atoms with van der Waals surface area (Å²) in [6.45, 7) is 12.3. The molecule has 1 atom stereocenters. The average molecular weight is 312 g/mol. The van der Waals surface area contributed by atoms with Gasteiger partial charge in [0, 0.05) is 5.54 Å². The fourth-order valence-corrected chi connectivity index (χ4v) is 2.77. The summed E-state index contributed by atoms with van der Waals surface area (Å²) in [4.78, 5) is 12.3. The molecule has 4 heteroatoms. The SMILES string of the molecule is C[C@@H](Oc1ccccc1Cl)C(=O)NC(C)(C)CC(C)(C)C. The monoisotopic (exact) mass is 311 g/mol. The van der Waals surface area contributed by atoms with Crippen molar-refractivity contribution in [1.29, 1.82) is 0 Å². The van der Waals surface area contributed by atoms with E-state index in [-0.39, 0.29) is 16.9 Å². The van der Waals surface area contributed by atoms with Crippen LogP contribution in [0.15, 0.2) is 24.3 Å². The number of hydrogen-bond donors (Lipinski definition) is 1. The van der Waals surface area contributed by atoms with E-state index in [4.69, 9.17) is 16.3 Å². The van der Waals surface area contributed by atoms with Crippen molar-refractivity contribution in [3.63, 3.8) is 0 Å². The summed E-state index contributed by atoms with van der Waals surface area (Å²) >= 11 is 6.04. The molecule has 0 saturated heterocycles. The molecule has 0 aliphatic rings. The van der Waals surface area contributed by atoms with Crippen LogP contribution in [0.1, 0.15) is 48.0 Å². The maximum atomic E-state index is 12.3. The zero-order chi connectivity index (χ0) is 16.3. The fourth-order valence-electron chi connectivity index (χ4n) is 2.59. The van der Waals surface area contributed by atoms with Crippen LogP contribution in [0, 0.1) is 5.41 Å². The molecule has 0 bridgehead atoms. The zero-order valence-corrected chi connectivity index (χ0v) is 14.5. The van der Waals surface area contributed by atoms with Crippen LogP contribution >= 0.6 is 11.6 Å². The van der Waals surface area contributed by atoms with E-state index >= 15 is 0 Å². The van der Waals surface area contributed by atoms with Gasteiger partial charge < -0.3 is 10.1 Å². The molecule has 0 heterocycles. The Morgan fingerprint density at radius 3 is 2.33 bits per heavy atom. The Balaban J connectivity index is 2.65. The first kappa shape index (κ1) is 17.8. The van der Waals surface area contributed by atoms with Crippen molar-refractivity contribution < 1.29 is 9.53 Å². The van der Waals surface area contributed by atoms with E-state index in [1.165, 1.54) is 0 Å². The van der Waals surface area contributed by atoms with Crippen LogP contribution in [0.2, 0.25) is 5.02 Å². The van der Waals surface area contributed by atoms with Gasteiger partial charge in [0.1, 0.15) is 5.75 Å². The molecule has 0 radical (unpaired) electrons. The van der Waals surface area contributed by atoms with E-state index in [0.29, 0.717) is 10.8 Å². The largest absolute Gasteiger partial charge is 0.479 e. The van der Waals surface area contributed by atoms with Crippen molar-refractivity contribution >= 4 is 17.5 Å². The van der Waals surface area contributed by atoms with Crippen LogP contribution in [0.3, 0.4) is 0 Å². The first-order chi connectivity index (χ1) is 9.50. The maximum Gasteiger partial charge on any atom is 0.261 e. The third-order valence-corrected chi connectivity index (χ3v) is 3.26. The van der Waals surface area contributed by atoms with E-state index in [9.17, 15) is 4.79 Å². The summed E-state index contributed by atoms with van der Waals surface area (Å²) in [7, 11) is 0. The number of ether oxygens (including phenoxy) is 1. The molecule has 0 spiro atoms. The Hall–Kier alpha value is -1.22. The second-order valence-corrected chi connectivity index (χ2v) is 7.71. The summed E-state index contributed by atoms with van der Waals surface area (Å²) in [6.07, 6.45) is 0.286. The molecule has 0 aliphatic carbocycles. The van der Waals surface area contributed by atoms with Crippen LogP contribution in [-0.4, -0.2) is 17.6 Å². The number of halogens is 1. The molecule has 1 N–H and O–H groups in total. The number of carbonyl (C=O) groups is 1. The minimum atomic E-state index is -0.593. The van der Waals surface area contributed by atoms with E-state index < -0.39 is 6.10 Å². The Labute approximate surface area is 133 Å². The number of carbonyl (C=O) groups excluding carboxylic acids is 1. The molecule has 0 aromatic heterocycles. The normalized spacial score (nSPS) is 13.7. The van der Waals surface area contributed by atoms with Gasteiger partial charge in [0.25, 0.3) is 5.91 Å². The number of benzene rings is 1. The number of hydrogen-bond acceptors (Lipinski definition) is 2. The van der Waals surface area contributed by atoms with Crippen LogP contribution in [0.25, 0.3) is 0 Å². The third-order valence-electron chi connectivity index (χ3n) is 2.94. The van der Waals surface area contributed by atoms with Gasteiger partial charge in [0.15, 0.2) is 6.10 Å². The summed E-state index contributed by atoms with van der Waals surface area (Å²) < 4.78 is 5.64. The van der Waals surface area contributed by atoms with E-state index in [2.05, 4.69) is 26.1 Å². The van der Waals surface area contributed by atoms with Gasteiger partial charge in [-0.15, -0.1) is 0 Å². The molecule has 1 aromatic rings. The minimum Gasteiger partial charge on any atom is -0.479 e. The Kier molecular flexibility index (Phi) is 5.68. The van der Waals surface area contributed by atoms with Crippen LogP contribution in [-0.2, 0) is 4.79 Å². The van der Waals surface area contributed by atoms with Crippen molar-refractivity contribution in [2.24, 2.45) is 5.41 Å². The quantitative estimate of drug-likeness (QED) is 0.873. The summed E-state index contributed by atoms with van der Waals surface area (Å²) in [5.41, 5.74) is -0.142. The molecule has 1 amide bonds. The number of amides is 1. The zero-order valence-electron chi connectivity index (χ0n) is 13.8. The summed E-state index contributed by atoms with van der Waals surface area (Å²) in [5.74, 6) is 0.389. The van der Waals surface area contributed by atoms with E-state index in [1.54, 1.807) is 19.1 Å². The highest BCUT2D eigenvalue weighted by molar-refractivity contribution is 6.32. The first-order valence-electron chi connectivity index (χ1n) is 7.23. The number of rotatable bonds is 5. The standard InChI is InChI=1S/C17H26ClNO2/c1-12(21-14-10-8-7-9-13(14)18)15(20)19-17(5,6)11-16(2,3)4/h7-10,12H,11H2,1-6H3,(H,19,20)/t12-/m1/s1. The molecular formula is C17H26ClNO2. The van der Waals surface area contributed by atoms with Crippen molar-refractivity contribution in [2.75, 3.05) is 0 Å². The van der Waals surface area contributed by atoms with Crippen LogP contribution in [0.4, 0.5) is 0 Å². The maximum absolute atomic E-state index is 12.3. The summed E-state index contributed by atoms with van der Waals surface area (Å²) in [5, 5.41) is 3.55. The van der Waals surface area contributed by atoms with Crippen molar-refractivity contribution in [2.45, 2.75) is 59.6 Å². The molecule has 21 heavy (non-hydrogen) atoms. The highest BCUT2D eigenvalue weighted by Gasteiger charge is 2.29. The highest BCUT2D eigenvalue weighted by Crippen LogP contribution is 2.27. The van der Waals surface area contributed by atoms with Crippen molar-refractivity contribution in [3.05, 3.63) is 29.3 Å². The molecule has 1 aromatic carbocycles. The topological polar surface area (TPSA) is 38.3 Å². The smallest absolute Gasteiger partial charge is 0.261 e. The van der Waals surface area contributed by atoms with Gasteiger partial charge in [0.05, 0.1) is 5.02 Å². The van der Waals surface area contributed by atoms with Gasteiger partial charge in [-0.2, -0.15) is 0 Å². The van der Waals surface area contributed by atoms with Crippen molar-refractivity contribution in [3.8, 4) is 5.75 Å². The molecule has 3 nitrogen and oxygen atoms in total. The Morgan fingerprint density at radius 2 is 1.81 bits per heavy atom. The third kappa shape index (κ3) is 6.38. The van der Waals surface area contributed by atoms with Gasteiger partial charge >= 0.3 is 0 Å². The molecule has 0 fully saturated rings. The van der Waals surface area contributed by atoms with E-state index in [0.717, 1.165) is 6.42 Å².